The Kier molecular flexibility index (Phi) is 3.75. The maximum atomic E-state index is 12.5. The van der Waals surface area contributed by atoms with Crippen LogP contribution in [0.25, 0.3) is 0 Å². The molecule has 1 rings (SSSR count). The van der Waals surface area contributed by atoms with E-state index in [1.165, 1.54) is 0 Å². The molecule has 17 heavy (non-hydrogen) atoms. The van der Waals surface area contributed by atoms with Crippen LogP contribution >= 0.6 is 22.0 Å². The van der Waals surface area contributed by atoms with Crippen molar-refractivity contribution in [1.82, 2.24) is 0 Å². The molecule has 0 saturated heterocycles. The lowest BCUT2D eigenvalue weighted by Gasteiger charge is -2.06. The molecule has 1 aromatic rings. The molecule has 1 heterocycles. The average Bonchev–Trinajstić information content (AvgIpc) is 2.59. The summed E-state index contributed by atoms with van der Waals surface area (Å²) in [5.74, 6) is -1.19. The Balaban J connectivity index is 3.59. The minimum absolute atomic E-state index is 0.304. The predicted molar refractivity (Wildman–Crippen MR) is 53.7 cm³/mol. The van der Waals surface area contributed by atoms with Crippen LogP contribution in [0.5, 0.6) is 0 Å². The van der Waals surface area contributed by atoms with E-state index < -0.39 is 36.5 Å². The fourth-order valence-electron chi connectivity index (χ4n) is 1.02. The van der Waals surface area contributed by atoms with Crippen molar-refractivity contribution >= 4 is 37.0 Å². The highest BCUT2D eigenvalue weighted by atomic mass is 35.7. The van der Waals surface area contributed by atoms with E-state index in [9.17, 15) is 26.4 Å². The maximum absolute atomic E-state index is 12.5. The smallest absolute Gasteiger partial charge is 0.418 e. The van der Waals surface area contributed by atoms with E-state index in [2.05, 4.69) is 4.74 Å². The largest absolute Gasteiger partial charge is 0.465 e. The molecule has 0 radical (unpaired) electrons. The van der Waals surface area contributed by atoms with Crippen LogP contribution in [-0.2, 0) is 20.0 Å². The Bertz CT molecular complexity index is 546. The second kappa shape index (κ2) is 4.46. The summed E-state index contributed by atoms with van der Waals surface area (Å²) in [6.07, 6.45) is -4.92. The van der Waals surface area contributed by atoms with E-state index >= 15 is 0 Å². The van der Waals surface area contributed by atoms with Gasteiger partial charge in [0.15, 0.2) is 0 Å². The van der Waals surface area contributed by atoms with E-state index in [1.54, 1.807) is 0 Å². The second-order valence-corrected chi connectivity index (χ2v) is 6.12. The molecule has 0 atom stereocenters. The van der Waals surface area contributed by atoms with E-state index in [0.717, 1.165) is 7.11 Å². The third-order valence-electron chi connectivity index (χ3n) is 1.67. The summed E-state index contributed by atoms with van der Waals surface area (Å²) in [4.78, 5) is 9.16. The van der Waals surface area contributed by atoms with Gasteiger partial charge in [0.25, 0.3) is 9.05 Å². The van der Waals surface area contributed by atoms with Crippen LogP contribution in [0.2, 0.25) is 0 Å². The molecule has 0 aliphatic carbocycles. The van der Waals surface area contributed by atoms with Gasteiger partial charge in [0.2, 0.25) is 0 Å². The van der Waals surface area contributed by atoms with Gasteiger partial charge in [-0.25, -0.2) is 13.2 Å². The summed E-state index contributed by atoms with van der Waals surface area (Å²) >= 11 is 0.304. The molecule has 0 aliphatic heterocycles. The highest BCUT2D eigenvalue weighted by Gasteiger charge is 2.41. The van der Waals surface area contributed by atoms with Gasteiger partial charge in [-0.2, -0.15) is 13.2 Å². The van der Waals surface area contributed by atoms with Crippen molar-refractivity contribution in [3.05, 3.63) is 15.8 Å². The van der Waals surface area contributed by atoms with Gasteiger partial charge in [-0.05, 0) is 0 Å². The number of hydrogen-bond acceptors (Lipinski definition) is 5. The molecular weight excluding hydrogens is 305 g/mol. The standard InChI is InChI=1S/C7H4ClF3O4S2/c1-15-6(12)4-5(17(8,13)14)3(2-16-4)7(9,10)11/h2H,1H3. The van der Waals surface area contributed by atoms with Crippen LogP contribution in [0, 0.1) is 0 Å². The number of carbonyl (C=O) groups excluding carboxylic acids is 1. The molecule has 0 unspecified atom stereocenters. The SMILES string of the molecule is COC(=O)c1scc(C(F)(F)F)c1S(=O)(=O)Cl. The van der Waals surface area contributed by atoms with Crippen molar-refractivity contribution in [2.24, 2.45) is 0 Å². The minimum atomic E-state index is -4.92. The molecule has 96 valence electrons. The van der Waals surface area contributed by atoms with Crippen molar-refractivity contribution in [2.75, 3.05) is 7.11 Å². The first-order valence-corrected chi connectivity index (χ1v) is 6.99. The van der Waals surface area contributed by atoms with Gasteiger partial charge in [0.05, 0.1) is 12.7 Å². The normalized spacial score (nSPS) is 12.5. The van der Waals surface area contributed by atoms with Gasteiger partial charge in [0.1, 0.15) is 9.77 Å². The van der Waals surface area contributed by atoms with Gasteiger partial charge in [0, 0.05) is 16.1 Å². The molecule has 0 aromatic carbocycles. The average molecular weight is 309 g/mol. The second-order valence-electron chi connectivity index (χ2n) is 2.73. The van der Waals surface area contributed by atoms with E-state index in [1.807, 2.05) is 0 Å². The summed E-state index contributed by atoms with van der Waals surface area (Å²) in [7, 11) is 1.11. The lowest BCUT2D eigenvalue weighted by Crippen LogP contribution is -2.11. The Hall–Kier alpha value is -0.800. The van der Waals surface area contributed by atoms with Crippen molar-refractivity contribution in [1.29, 1.82) is 0 Å². The van der Waals surface area contributed by atoms with Crippen molar-refractivity contribution in [3.8, 4) is 0 Å². The third kappa shape index (κ3) is 2.90. The first kappa shape index (κ1) is 14.3. The quantitative estimate of drug-likeness (QED) is 0.622. The van der Waals surface area contributed by atoms with Gasteiger partial charge >= 0.3 is 12.1 Å². The first-order chi connectivity index (χ1) is 7.59. The first-order valence-electron chi connectivity index (χ1n) is 3.80. The summed E-state index contributed by atoms with van der Waals surface area (Å²) in [5, 5.41) is 0.502. The van der Waals surface area contributed by atoms with Crippen LogP contribution in [0.1, 0.15) is 15.2 Å². The van der Waals surface area contributed by atoms with Crippen molar-refractivity contribution in [3.63, 3.8) is 0 Å². The predicted octanol–water partition coefficient (Wildman–Crippen LogP) is 2.48. The lowest BCUT2D eigenvalue weighted by molar-refractivity contribution is -0.139. The summed E-state index contributed by atoms with van der Waals surface area (Å²) in [5.41, 5.74) is -1.47. The van der Waals surface area contributed by atoms with Crippen LogP contribution < -0.4 is 0 Å². The zero-order valence-corrected chi connectivity index (χ0v) is 10.4. The molecule has 0 fully saturated rings. The Morgan fingerprint density at radius 1 is 1.47 bits per heavy atom. The Morgan fingerprint density at radius 2 is 2.00 bits per heavy atom. The number of hydrogen-bond donors (Lipinski definition) is 0. The van der Waals surface area contributed by atoms with Gasteiger partial charge in [-0.15, -0.1) is 11.3 Å². The number of thiophene rings is 1. The molecule has 0 N–H and O–H groups in total. The molecule has 1 aromatic heterocycles. The summed E-state index contributed by atoms with van der Waals surface area (Å²) < 4.78 is 63.8. The molecular formula is C7H4ClF3O4S2. The molecule has 0 spiro atoms. The highest BCUT2D eigenvalue weighted by Crippen LogP contribution is 2.40. The summed E-state index contributed by atoms with van der Waals surface area (Å²) in [6, 6.07) is 0. The van der Waals surface area contributed by atoms with Gasteiger partial charge in [-0.1, -0.05) is 0 Å². The zero-order valence-electron chi connectivity index (χ0n) is 8.04. The number of carbonyl (C=O) groups is 1. The minimum Gasteiger partial charge on any atom is -0.465 e. The number of ether oxygens (including phenoxy) is 1. The molecule has 10 heteroatoms. The molecule has 0 bridgehead atoms. The van der Waals surface area contributed by atoms with Crippen molar-refractivity contribution in [2.45, 2.75) is 11.1 Å². The van der Waals surface area contributed by atoms with Crippen LogP contribution in [0.15, 0.2) is 10.3 Å². The highest BCUT2D eigenvalue weighted by molar-refractivity contribution is 8.14. The topological polar surface area (TPSA) is 60.4 Å². The van der Waals surface area contributed by atoms with Crippen LogP contribution in [0.4, 0.5) is 13.2 Å². The number of rotatable bonds is 2. The molecule has 4 nitrogen and oxygen atoms in total. The lowest BCUT2D eigenvalue weighted by atomic mass is 10.3. The van der Waals surface area contributed by atoms with Gasteiger partial charge in [-0.3, -0.25) is 0 Å². The number of alkyl halides is 3. The fourth-order valence-corrected chi connectivity index (χ4v) is 3.81. The molecule has 0 aliphatic rings. The van der Waals surface area contributed by atoms with Gasteiger partial charge < -0.3 is 4.74 Å². The Labute approximate surface area is 102 Å². The number of halogens is 4. The maximum Gasteiger partial charge on any atom is 0.418 e. The summed E-state index contributed by atoms with van der Waals surface area (Å²) in [6.45, 7) is 0. The van der Waals surface area contributed by atoms with E-state index in [-0.39, 0.29) is 0 Å². The zero-order chi connectivity index (χ0) is 13.4. The molecule has 0 amide bonds. The monoisotopic (exact) mass is 308 g/mol. The van der Waals surface area contributed by atoms with Crippen molar-refractivity contribution < 1.29 is 31.1 Å². The number of esters is 1. The fraction of sp³-hybridized carbons (Fsp3) is 0.286. The van der Waals surface area contributed by atoms with Crippen LogP contribution in [-0.4, -0.2) is 21.5 Å². The Morgan fingerprint density at radius 3 is 2.35 bits per heavy atom. The van der Waals surface area contributed by atoms with Crippen LogP contribution in [0.3, 0.4) is 0 Å². The molecule has 0 saturated carbocycles. The third-order valence-corrected chi connectivity index (χ3v) is 4.13. The van der Waals surface area contributed by atoms with E-state index in [0.29, 0.717) is 16.7 Å². The van der Waals surface area contributed by atoms with E-state index in [4.69, 9.17) is 10.7 Å². The number of methoxy groups -OCH3 is 1.